The summed E-state index contributed by atoms with van der Waals surface area (Å²) < 4.78 is 1.96. The van der Waals surface area contributed by atoms with Gasteiger partial charge in [0.15, 0.2) is 0 Å². The zero-order valence-corrected chi connectivity index (χ0v) is 11.9. The van der Waals surface area contributed by atoms with Crippen LogP contribution in [0, 0.1) is 0 Å². The van der Waals surface area contributed by atoms with E-state index in [4.69, 9.17) is 0 Å². The Labute approximate surface area is 114 Å². The normalized spacial score (nSPS) is 31.9. The maximum Gasteiger partial charge on any atom is 0.0763 e. The van der Waals surface area contributed by atoms with Gasteiger partial charge in [0.1, 0.15) is 0 Å². The third-order valence-electron chi connectivity index (χ3n) is 4.38. The summed E-state index contributed by atoms with van der Waals surface area (Å²) in [4.78, 5) is 4.89. The number of piperazine rings is 3. The molecule has 3 saturated heterocycles. The van der Waals surface area contributed by atoms with Gasteiger partial charge in [-0.05, 0) is 19.9 Å². The Morgan fingerprint density at radius 2 is 2.05 bits per heavy atom. The van der Waals surface area contributed by atoms with Crippen molar-refractivity contribution in [2.24, 2.45) is 0 Å². The summed E-state index contributed by atoms with van der Waals surface area (Å²) in [6.07, 6.45) is 2.36. The van der Waals surface area contributed by atoms with Crippen molar-refractivity contribution in [1.82, 2.24) is 19.6 Å². The Balaban J connectivity index is 1.62. The molecule has 3 aliphatic rings. The third kappa shape index (κ3) is 2.68. The van der Waals surface area contributed by atoms with Crippen molar-refractivity contribution in [2.45, 2.75) is 38.5 Å². The lowest BCUT2D eigenvalue weighted by atomic mass is 9.99. The van der Waals surface area contributed by atoms with Gasteiger partial charge in [-0.15, -0.1) is 0 Å². The first kappa shape index (κ1) is 13.1. The van der Waals surface area contributed by atoms with E-state index >= 15 is 0 Å². The molecule has 1 N–H and O–H groups in total. The van der Waals surface area contributed by atoms with Crippen LogP contribution in [0.15, 0.2) is 12.3 Å². The van der Waals surface area contributed by atoms with Crippen LogP contribution in [0.5, 0.6) is 0 Å². The fourth-order valence-corrected chi connectivity index (χ4v) is 3.15. The molecule has 0 amide bonds. The molecule has 2 bridgehead atoms. The summed E-state index contributed by atoms with van der Waals surface area (Å²) in [5.41, 5.74) is 0.999. The average molecular weight is 264 g/mol. The highest BCUT2D eigenvalue weighted by Gasteiger charge is 2.36. The molecule has 3 aliphatic heterocycles. The molecule has 2 atom stereocenters. The van der Waals surface area contributed by atoms with Crippen molar-refractivity contribution in [1.29, 1.82) is 0 Å². The second-order valence-electron chi connectivity index (χ2n) is 6.06. The molecule has 0 spiro atoms. The van der Waals surface area contributed by atoms with E-state index < -0.39 is 0 Å². The highest BCUT2D eigenvalue weighted by Crippen LogP contribution is 2.20. The van der Waals surface area contributed by atoms with Gasteiger partial charge in [-0.1, -0.05) is 0 Å². The molecule has 3 fully saturated rings. The Morgan fingerprint density at radius 3 is 2.58 bits per heavy atom. The fourth-order valence-electron chi connectivity index (χ4n) is 3.15. The minimum absolute atomic E-state index is 0.284. The smallest absolute Gasteiger partial charge is 0.0763 e. The average Bonchev–Trinajstić information content (AvgIpc) is 2.88. The quantitative estimate of drug-likeness (QED) is 0.853. The second-order valence-corrected chi connectivity index (χ2v) is 6.06. The fraction of sp³-hybridized carbons (Fsp3) is 0.786. The van der Waals surface area contributed by atoms with E-state index in [1.54, 1.807) is 0 Å². The number of hydrogen-bond acceptors (Lipinski definition) is 4. The van der Waals surface area contributed by atoms with E-state index in [1.807, 2.05) is 16.9 Å². The van der Waals surface area contributed by atoms with E-state index in [0.717, 1.165) is 38.4 Å². The van der Waals surface area contributed by atoms with Crippen molar-refractivity contribution < 1.29 is 5.11 Å². The zero-order valence-electron chi connectivity index (χ0n) is 11.9. The number of aromatic nitrogens is 2. The van der Waals surface area contributed by atoms with Gasteiger partial charge in [-0.3, -0.25) is 14.5 Å². The first-order chi connectivity index (χ1) is 9.13. The number of hydrogen-bond donors (Lipinski definition) is 1. The minimum Gasteiger partial charge on any atom is -0.391 e. The van der Waals surface area contributed by atoms with Crippen LogP contribution in [-0.4, -0.2) is 69.6 Å². The molecule has 106 valence electrons. The second kappa shape index (κ2) is 5.23. The number of fused-ring (bicyclic) bond motifs is 3. The summed E-state index contributed by atoms with van der Waals surface area (Å²) in [6, 6.07) is 2.69. The predicted octanol–water partition coefficient (Wildman–Crippen LogP) is 0.367. The molecule has 1 aromatic heterocycles. The van der Waals surface area contributed by atoms with Crippen molar-refractivity contribution >= 4 is 0 Å². The molecule has 0 radical (unpaired) electrons. The van der Waals surface area contributed by atoms with Crippen LogP contribution in [0.4, 0.5) is 0 Å². The summed E-state index contributed by atoms with van der Waals surface area (Å²) in [6.45, 7) is 9.76. The lowest BCUT2D eigenvalue weighted by Crippen LogP contribution is -2.64. The van der Waals surface area contributed by atoms with Gasteiger partial charge in [-0.25, -0.2) is 0 Å². The molecular formula is C14H24N4O. The highest BCUT2D eigenvalue weighted by molar-refractivity contribution is 5.04. The van der Waals surface area contributed by atoms with Crippen LogP contribution in [0.3, 0.4) is 0 Å². The molecule has 5 heteroatoms. The van der Waals surface area contributed by atoms with Gasteiger partial charge >= 0.3 is 0 Å². The number of nitrogens with zero attached hydrogens (tertiary/aromatic N) is 4. The number of aliphatic hydroxyl groups excluding tert-OH is 1. The molecule has 2 unspecified atom stereocenters. The van der Waals surface area contributed by atoms with Crippen molar-refractivity contribution in [3.8, 4) is 0 Å². The SMILES string of the molecule is CC(C)n1ccc(CC(O)C2CN3CCN2CC3)n1. The molecule has 4 rings (SSSR count). The maximum absolute atomic E-state index is 10.5. The van der Waals surface area contributed by atoms with Crippen LogP contribution in [-0.2, 0) is 6.42 Å². The minimum atomic E-state index is -0.307. The summed E-state index contributed by atoms with van der Waals surface area (Å²) >= 11 is 0. The van der Waals surface area contributed by atoms with E-state index in [2.05, 4.69) is 28.7 Å². The van der Waals surface area contributed by atoms with Gasteiger partial charge in [0.2, 0.25) is 0 Å². The van der Waals surface area contributed by atoms with Gasteiger partial charge in [-0.2, -0.15) is 5.10 Å². The molecular weight excluding hydrogens is 240 g/mol. The lowest BCUT2D eigenvalue weighted by Gasteiger charge is -2.49. The molecule has 4 heterocycles. The first-order valence-electron chi connectivity index (χ1n) is 7.32. The van der Waals surface area contributed by atoms with Crippen LogP contribution >= 0.6 is 0 Å². The van der Waals surface area contributed by atoms with Crippen LogP contribution in [0.2, 0.25) is 0 Å². The molecule has 19 heavy (non-hydrogen) atoms. The van der Waals surface area contributed by atoms with Crippen LogP contribution in [0.1, 0.15) is 25.6 Å². The van der Waals surface area contributed by atoms with Crippen molar-refractivity contribution in [3.05, 3.63) is 18.0 Å². The molecule has 0 saturated carbocycles. The Morgan fingerprint density at radius 1 is 1.32 bits per heavy atom. The topological polar surface area (TPSA) is 44.5 Å². The standard InChI is InChI=1S/C14H24N4O/c1-11(2)18-4-3-12(15-18)9-14(19)13-10-16-5-7-17(13)8-6-16/h3-4,11,13-14,19H,5-10H2,1-2H3. The van der Waals surface area contributed by atoms with Gasteiger partial charge in [0.05, 0.1) is 11.8 Å². The Bertz CT molecular complexity index is 423. The summed E-state index contributed by atoms with van der Waals surface area (Å²) in [5, 5.41) is 15.0. The predicted molar refractivity (Wildman–Crippen MR) is 74.1 cm³/mol. The van der Waals surface area contributed by atoms with E-state index in [9.17, 15) is 5.11 Å². The Kier molecular flexibility index (Phi) is 3.60. The maximum atomic E-state index is 10.5. The van der Waals surface area contributed by atoms with Crippen molar-refractivity contribution in [2.75, 3.05) is 32.7 Å². The van der Waals surface area contributed by atoms with E-state index in [-0.39, 0.29) is 12.1 Å². The van der Waals surface area contributed by atoms with Gasteiger partial charge < -0.3 is 5.11 Å². The highest BCUT2D eigenvalue weighted by atomic mass is 16.3. The molecule has 5 nitrogen and oxygen atoms in total. The first-order valence-corrected chi connectivity index (χ1v) is 7.32. The van der Waals surface area contributed by atoms with Gasteiger partial charge in [0, 0.05) is 57.4 Å². The third-order valence-corrected chi connectivity index (χ3v) is 4.38. The van der Waals surface area contributed by atoms with Crippen LogP contribution < -0.4 is 0 Å². The summed E-state index contributed by atoms with van der Waals surface area (Å²) in [7, 11) is 0. The molecule has 0 aromatic carbocycles. The number of aliphatic hydroxyl groups is 1. The number of rotatable bonds is 4. The molecule has 0 aliphatic carbocycles. The van der Waals surface area contributed by atoms with E-state index in [0.29, 0.717) is 12.5 Å². The van der Waals surface area contributed by atoms with Crippen LogP contribution in [0.25, 0.3) is 0 Å². The Hall–Kier alpha value is -0.910. The monoisotopic (exact) mass is 264 g/mol. The van der Waals surface area contributed by atoms with E-state index in [1.165, 1.54) is 0 Å². The summed E-state index contributed by atoms with van der Waals surface area (Å²) in [5.74, 6) is 0. The van der Waals surface area contributed by atoms with Gasteiger partial charge in [0.25, 0.3) is 0 Å². The molecule has 1 aromatic rings. The largest absolute Gasteiger partial charge is 0.391 e. The zero-order chi connectivity index (χ0) is 13.4. The lowest BCUT2D eigenvalue weighted by molar-refractivity contribution is -0.0456. The van der Waals surface area contributed by atoms with Crippen molar-refractivity contribution in [3.63, 3.8) is 0 Å².